The van der Waals surface area contributed by atoms with Gasteiger partial charge in [-0.2, -0.15) is 0 Å². The van der Waals surface area contributed by atoms with Crippen molar-refractivity contribution in [2.75, 3.05) is 29.9 Å². The standard InChI is InChI=1S/C14H16BrClN6/c1-21(13-17-6-10(15)7-18-13)12-2-4-22(5-3-12)14-19-8-11(16)9-20-14/h6-9,12H,2-5H2,1H3. The molecule has 1 fully saturated rings. The topological polar surface area (TPSA) is 58.0 Å². The van der Waals surface area contributed by atoms with Crippen molar-refractivity contribution in [3.8, 4) is 0 Å². The highest BCUT2D eigenvalue weighted by atomic mass is 79.9. The minimum Gasteiger partial charge on any atom is -0.341 e. The molecule has 1 aliphatic rings. The Hall–Kier alpha value is -1.47. The summed E-state index contributed by atoms with van der Waals surface area (Å²) >= 11 is 9.18. The molecular formula is C14H16BrClN6. The Morgan fingerprint density at radius 3 is 2.27 bits per heavy atom. The molecule has 8 heteroatoms. The first kappa shape index (κ1) is 15.4. The van der Waals surface area contributed by atoms with Gasteiger partial charge in [-0.3, -0.25) is 0 Å². The minimum absolute atomic E-state index is 0.421. The second kappa shape index (κ2) is 6.75. The van der Waals surface area contributed by atoms with Gasteiger partial charge in [0.15, 0.2) is 0 Å². The molecule has 0 unspecified atom stereocenters. The summed E-state index contributed by atoms with van der Waals surface area (Å²) in [5.41, 5.74) is 0. The fourth-order valence-electron chi connectivity index (χ4n) is 2.57. The SMILES string of the molecule is CN(c1ncc(Br)cn1)C1CCN(c2ncc(Cl)cn2)CC1. The molecule has 0 N–H and O–H groups in total. The molecule has 0 spiro atoms. The van der Waals surface area contributed by atoms with Crippen molar-refractivity contribution in [2.24, 2.45) is 0 Å². The van der Waals surface area contributed by atoms with Gasteiger partial charge in [-0.25, -0.2) is 19.9 Å². The van der Waals surface area contributed by atoms with Crippen LogP contribution < -0.4 is 9.80 Å². The van der Waals surface area contributed by atoms with E-state index < -0.39 is 0 Å². The van der Waals surface area contributed by atoms with Gasteiger partial charge < -0.3 is 9.80 Å². The van der Waals surface area contributed by atoms with Gasteiger partial charge in [0, 0.05) is 38.6 Å². The van der Waals surface area contributed by atoms with Gasteiger partial charge >= 0.3 is 0 Å². The van der Waals surface area contributed by atoms with E-state index in [9.17, 15) is 0 Å². The van der Waals surface area contributed by atoms with Crippen molar-refractivity contribution >= 4 is 39.4 Å². The van der Waals surface area contributed by atoms with E-state index in [1.165, 1.54) is 0 Å². The highest BCUT2D eigenvalue weighted by Crippen LogP contribution is 2.22. The zero-order valence-electron chi connectivity index (χ0n) is 12.2. The maximum Gasteiger partial charge on any atom is 0.225 e. The Morgan fingerprint density at radius 1 is 1.09 bits per heavy atom. The molecule has 0 atom stereocenters. The Morgan fingerprint density at radius 2 is 1.68 bits per heavy atom. The van der Waals surface area contributed by atoms with E-state index in [1.54, 1.807) is 24.8 Å². The molecule has 2 aromatic rings. The van der Waals surface area contributed by atoms with Crippen LogP contribution in [0.2, 0.25) is 5.02 Å². The molecule has 0 aliphatic carbocycles. The monoisotopic (exact) mass is 382 g/mol. The van der Waals surface area contributed by atoms with E-state index in [-0.39, 0.29) is 0 Å². The molecular weight excluding hydrogens is 368 g/mol. The zero-order valence-corrected chi connectivity index (χ0v) is 14.5. The number of anilines is 2. The van der Waals surface area contributed by atoms with Gasteiger partial charge in [0.1, 0.15) is 0 Å². The Kier molecular flexibility index (Phi) is 4.73. The van der Waals surface area contributed by atoms with E-state index in [0.717, 1.165) is 42.3 Å². The average Bonchev–Trinajstić information content (AvgIpc) is 2.56. The van der Waals surface area contributed by atoms with Crippen molar-refractivity contribution < 1.29 is 0 Å². The third-order valence-corrected chi connectivity index (χ3v) is 4.43. The Labute approximate surface area is 142 Å². The summed E-state index contributed by atoms with van der Waals surface area (Å²) in [5.74, 6) is 1.50. The van der Waals surface area contributed by atoms with Gasteiger partial charge in [-0.05, 0) is 28.8 Å². The second-order valence-corrected chi connectivity index (χ2v) is 6.58. The predicted molar refractivity (Wildman–Crippen MR) is 90.4 cm³/mol. The summed E-state index contributed by atoms with van der Waals surface area (Å²) in [6.45, 7) is 1.82. The fraction of sp³-hybridized carbons (Fsp3) is 0.429. The van der Waals surface area contributed by atoms with Crippen molar-refractivity contribution in [1.29, 1.82) is 0 Å². The number of rotatable bonds is 3. The number of hydrogen-bond donors (Lipinski definition) is 0. The molecule has 0 radical (unpaired) electrons. The summed E-state index contributed by atoms with van der Waals surface area (Å²) in [7, 11) is 2.04. The van der Waals surface area contributed by atoms with Gasteiger partial charge in [-0.15, -0.1) is 0 Å². The van der Waals surface area contributed by atoms with E-state index in [0.29, 0.717) is 11.1 Å². The number of halogens is 2. The molecule has 6 nitrogen and oxygen atoms in total. The van der Waals surface area contributed by atoms with E-state index in [2.05, 4.69) is 45.7 Å². The molecule has 0 amide bonds. The van der Waals surface area contributed by atoms with Gasteiger partial charge in [0.25, 0.3) is 0 Å². The van der Waals surface area contributed by atoms with Gasteiger partial charge in [-0.1, -0.05) is 11.6 Å². The van der Waals surface area contributed by atoms with Crippen LogP contribution in [0.25, 0.3) is 0 Å². The average molecular weight is 384 g/mol. The van der Waals surface area contributed by atoms with Crippen LogP contribution in [0.5, 0.6) is 0 Å². The minimum atomic E-state index is 0.421. The van der Waals surface area contributed by atoms with Crippen LogP contribution in [0.15, 0.2) is 29.3 Å². The molecule has 0 saturated carbocycles. The highest BCUT2D eigenvalue weighted by molar-refractivity contribution is 9.10. The molecule has 1 saturated heterocycles. The largest absolute Gasteiger partial charge is 0.341 e. The molecule has 3 heterocycles. The van der Waals surface area contributed by atoms with Crippen LogP contribution in [0.4, 0.5) is 11.9 Å². The van der Waals surface area contributed by atoms with Gasteiger partial charge in [0.05, 0.1) is 21.9 Å². The van der Waals surface area contributed by atoms with Gasteiger partial charge in [0.2, 0.25) is 11.9 Å². The quantitative estimate of drug-likeness (QED) is 0.812. The summed E-state index contributed by atoms with van der Waals surface area (Å²) in [6.07, 6.45) is 8.85. The lowest BCUT2D eigenvalue weighted by Gasteiger charge is -2.36. The molecule has 0 aromatic carbocycles. The zero-order chi connectivity index (χ0) is 15.5. The predicted octanol–water partition coefficient (Wildman–Crippen LogP) is 2.79. The normalized spacial score (nSPS) is 15.9. The number of piperidine rings is 1. The van der Waals surface area contributed by atoms with Crippen molar-refractivity contribution in [1.82, 2.24) is 19.9 Å². The second-order valence-electron chi connectivity index (χ2n) is 5.23. The smallest absolute Gasteiger partial charge is 0.225 e. The lowest BCUT2D eigenvalue weighted by molar-refractivity contribution is 0.473. The first-order chi connectivity index (χ1) is 10.6. The molecule has 22 heavy (non-hydrogen) atoms. The van der Waals surface area contributed by atoms with Crippen molar-refractivity contribution in [3.63, 3.8) is 0 Å². The van der Waals surface area contributed by atoms with Crippen molar-refractivity contribution in [2.45, 2.75) is 18.9 Å². The van der Waals surface area contributed by atoms with Crippen LogP contribution >= 0.6 is 27.5 Å². The maximum atomic E-state index is 5.83. The summed E-state index contributed by atoms with van der Waals surface area (Å²) in [6, 6.07) is 0.421. The third kappa shape index (κ3) is 3.47. The Balaban J connectivity index is 1.61. The van der Waals surface area contributed by atoms with Crippen LogP contribution in [-0.2, 0) is 0 Å². The highest BCUT2D eigenvalue weighted by Gasteiger charge is 2.25. The Bertz CT molecular complexity index is 612. The van der Waals surface area contributed by atoms with Crippen molar-refractivity contribution in [3.05, 3.63) is 34.3 Å². The first-order valence-corrected chi connectivity index (χ1v) is 8.23. The fourth-order valence-corrected chi connectivity index (χ4v) is 2.88. The number of hydrogen-bond acceptors (Lipinski definition) is 6. The molecule has 3 rings (SSSR count). The third-order valence-electron chi connectivity index (χ3n) is 3.82. The number of aromatic nitrogens is 4. The molecule has 1 aliphatic heterocycles. The van der Waals surface area contributed by atoms with E-state index >= 15 is 0 Å². The van der Waals surface area contributed by atoms with E-state index in [1.807, 2.05) is 7.05 Å². The maximum absolute atomic E-state index is 5.83. The van der Waals surface area contributed by atoms with Crippen LogP contribution in [0.3, 0.4) is 0 Å². The lowest BCUT2D eigenvalue weighted by Crippen LogP contribution is -2.44. The van der Waals surface area contributed by atoms with Crippen LogP contribution in [-0.4, -0.2) is 46.1 Å². The van der Waals surface area contributed by atoms with Crippen LogP contribution in [0.1, 0.15) is 12.8 Å². The summed E-state index contributed by atoms with van der Waals surface area (Å²) in [4.78, 5) is 21.6. The number of nitrogens with zero attached hydrogens (tertiary/aromatic N) is 6. The molecule has 0 bridgehead atoms. The lowest BCUT2D eigenvalue weighted by atomic mass is 10.0. The van der Waals surface area contributed by atoms with Crippen LogP contribution in [0, 0.1) is 0 Å². The summed E-state index contributed by atoms with van der Waals surface area (Å²) in [5, 5.41) is 0.561. The molecule has 116 valence electrons. The molecule has 2 aromatic heterocycles. The summed E-state index contributed by atoms with van der Waals surface area (Å²) < 4.78 is 0.888. The van der Waals surface area contributed by atoms with E-state index in [4.69, 9.17) is 11.6 Å². The first-order valence-electron chi connectivity index (χ1n) is 7.06.